The number of rotatable bonds is 6. The molecule has 34 heavy (non-hydrogen) atoms. The number of benzene rings is 1. The van der Waals surface area contributed by atoms with Crippen molar-refractivity contribution in [3.63, 3.8) is 0 Å². The highest BCUT2D eigenvalue weighted by Gasteiger charge is 2.19. The molecule has 3 aromatic heterocycles. The molecule has 1 aromatic carbocycles. The van der Waals surface area contributed by atoms with E-state index in [1.807, 2.05) is 40.7 Å². The first-order chi connectivity index (χ1) is 16.6. The number of pyridine rings is 1. The normalized spacial score (nSPS) is 14.0. The van der Waals surface area contributed by atoms with Crippen LogP contribution in [0.25, 0.3) is 22.7 Å². The number of hydrogen-bond donors (Lipinski definition) is 1. The maximum Gasteiger partial charge on any atom is 0.222 e. The fourth-order valence-electron chi connectivity index (χ4n) is 4.43. The van der Waals surface area contributed by atoms with Gasteiger partial charge in [0.15, 0.2) is 11.5 Å². The van der Waals surface area contributed by atoms with Crippen LogP contribution in [0.15, 0.2) is 42.7 Å². The molecule has 0 aliphatic carbocycles. The van der Waals surface area contributed by atoms with Gasteiger partial charge in [-0.1, -0.05) is 12.1 Å². The Morgan fingerprint density at radius 2 is 2.06 bits per heavy atom. The number of fused-ring (bicyclic) bond motifs is 1. The van der Waals surface area contributed by atoms with Gasteiger partial charge in [-0.2, -0.15) is 10.4 Å². The van der Waals surface area contributed by atoms with E-state index >= 15 is 0 Å². The zero-order valence-electron chi connectivity index (χ0n) is 19.0. The zero-order valence-corrected chi connectivity index (χ0v) is 19.0. The second-order valence-electron chi connectivity index (χ2n) is 8.53. The van der Waals surface area contributed by atoms with Crippen LogP contribution in [0.4, 0.5) is 0 Å². The lowest BCUT2D eigenvalue weighted by Gasteiger charge is -2.26. The van der Waals surface area contributed by atoms with Crippen LogP contribution >= 0.6 is 0 Å². The van der Waals surface area contributed by atoms with Gasteiger partial charge in [-0.3, -0.25) is 9.36 Å². The van der Waals surface area contributed by atoms with Gasteiger partial charge in [0.25, 0.3) is 0 Å². The molecule has 4 aromatic rings. The fraction of sp³-hybridized carbons (Fsp3) is 0.320. The topological polar surface area (TPSA) is 113 Å². The van der Waals surface area contributed by atoms with E-state index in [1.54, 1.807) is 17.1 Å². The van der Waals surface area contributed by atoms with Gasteiger partial charge in [-0.05, 0) is 61.6 Å². The SMILES string of the molecule is Cc1cc(C#N)nn1-c1nc(-n2cnc3ccc(CN4CCCCC4=O)cc32)ccc1CCO. The van der Waals surface area contributed by atoms with Gasteiger partial charge in [-0.25, -0.2) is 14.6 Å². The molecular formula is C25H25N7O2. The van der Waals surface area contributed by atoms with Crippen LogP contribution in [0.1, 0.15) is 41.8 Å². The first-order valence-corrected chi connectivity index (χ1v) is 11.4. The fourth-order valence-corrected chi connectivity index (χ4v) is 4.43. The summed E-state index contributed by atoms with van der Waals surface area (Å²) in [5.74, 6) is 1.43. The van der Waals surface area contributed by atoms with Crippen molar-refractivity contribution in [2.75, 3.05) is 13.2 Å². The van der Waals surface area contributed by atoms with Crippen molar-refractivity contribution in [3.8, 4) is 17.7 Å². The largest absolute Gasteiger partial charge is 0.396 e. The maximum absolute atomic E-state index is 12.3. The van der Waals surface area contributed by atoms with Gasteiger partial charge in [0.2, 0.25) is 5.91 Å². The number of aliphatic hydroxyl groups excluding tert-OH is 1. The molecule has 0 unspecified atom stereocenters. The number of aryl methyl sites for hydroxylation is 1. The van der Waals surface area contributed by atoms with Crippen LogP contribution in [0.2, 0.25) is 0 Å². The van der Waals surface area contributed by atoms with Crippen molar-refractivity contribution >= 4 is 16.9 Å². The van der Waals surface area contributed by atoms with Gasteiger partial charge >= 0.3 is 0 Å². The quantitative estimate of drug-likeness (QED) is 0.478. The Labute approximate surface area is 196 Å². The highest BCUT2D eigenvalue weighted by Crippen LogP contribution is 2.23. The minimum absolute atomic E-state index is 0.0218. The summed E-state index contributed by atoms with van der Waals surface area (Å²) in [6.45, 7) is 3.22. The molecule has 9 nitrogen and oxygen atoms in total. The number of hydrogen-bond acceptors (Lipinski definition) is 6. The monoisotopic (exact) mass is 455 g/mol. The van der Waals surface area contributed by atoms with Crippen LogP contribution in [0.3, 0.4) is 0 Å². The molecule has 4 heterocycles. The lowest BCUT2D eigenvalue weighted by molar-refractivity contribution is -0.133. The van der Waals surface area contributed by atoms with E-state index in [0.717, 1.165) is 47.2 Å². The van der Waals surface area contributed by atoms with Gasteiger partial charge in [0.1, 0.15) is 18.2 Å². The molecule has 1 fully saturated rings. The van der Waals surface area contributed by atoms with E-state index in [9.17, 15) is 15.2 Å². The molecule has 1 aliphatic rings. The average Bonchev–Trinajstić information content (AvgIpc) is 3.44. The third-order valence-electron chi connectivity index (χ3n) is 6.18. The van der Waals surface area contributed by atoms with Crippen molar-refractivity contribution in [2.24, 2.45) is 0 Å². The number of nitrogens with zero attached hydrogens (tertiary/aromatic N) is 7. The standard InChI is InChI=1S/C25H25N7O2/c1-17-12-20(14-26)29-32(17)25-19(9-11-33)6-8-23(28-25)31-16-27-21-7-5-18(13-22(21)31)15-30-10-3-2-4-24(30)34/h5-8,12-13,16,33H,2-4,9-11,15H2,1H3. The van der Waals surface area contributed by atoms with E-state index in [1.165, 1.54) is 0 Å². The average molecular weight is 456 g/mol. The van der Waals surface area contributed by atoms with Gasteiger partial charge in [0, 0.05) is 31.8 Å². The molecule has 0 spiro atoms. The smallest absolute Gasteiger partial charge is 0.222 e. The van der Waals surface area contributed by atoms with E-state index in [2.05, 4.69) is 22.2 Å². The molecule has 0 bridgehead atoms. The summed E-state index contributed by atoms with van der Waals surface area (Å²) in [5, 5.41) is 23.2. The molecule has 1 saturated heterocycles. The summed E-state index contributed by atoms with van der Waals surface area (Å²) < 4.78 is 3.55. The third kappa shape index (κ3) is 4.04. The predicted octanol–water partition coefficient (Wildman–Crippen LogP) is 2.83. The molecule has 5 rings (SSSR count). The first kappa shape index (κ1) is 21.8. The van der Waals surface area contributed by atoms with Crippen LogP contribution < -0.4 is 0 Å². The molecular weight excluding hydrogens is 430 g/mol. The maximum atomic E-state index is 12.3. The predicted molar refractivity (Wildman–Crippen MR) is 125 cm³/mol. The summed E-state index contributed by atoms with van der Waals surface area (Å²) >= 11 is 0. The number of carbonyl (C=O) groups is 1. The minimum Gasteiger partial charge on any atom is -0.396 e. The first-order valence-electron chi connectivity index (χ1n) is 11.4. The molecule has 1 aliphatic heterocycles. The van der Waals surface area contributed by atoms with Crippen molar-refractivity contribution in [3.05, 3.63) is 65.2 Å². The lowest BCUT2D eigenvalue weighted by atomic mass is 10.1. The molecule has 172 valence electrons. The van der Waals surface area contributed by atoms with E-state index in [4.69, 9.17) is 4.98 Å². The zero-order chi connectivity index (χ0) is 23.7. The Morgan fingerprint density at radius 1 is 1.18 bits per heavy atom. The van der Waals surface area contributed by atoms with Crippen molar-refractivity contribution in [1.82, 2.24) is 29.2 Å². The summed E-state index contributed by atoms with van der Waals surface area (Å²) in [6, 6.07) is 13.6. The van der Waals surface area contributed by atoms with Crippen molar-refractivity contribution in [2.45, 2.75) is 39.2 Å². The number of likely N-dealkylation sites (tertiary alicyclic amines) is 1. The Kier molecular flexibility index (Phi) is 5.82. The summed E-state index contributed by atoms with van der Waals surface area (Å²) in [7, 11) is 0. The Morgan fingerprint density at radius 3 is 2.82 bits per heavy atom. The van der Waals surface area contributed by atoms with Gasteiger partial charge in [0.05, 0.1) is 11.0 Å². The van der Waals surface area contributed by atoms with Gasteiger partial charge < -0.3 is 10.0 Å². The second kappa shape index (κ2) is 9.08. The molecule has 1 N–H and O–H groups in total. The van der Waals surface area contributed by atoms with Crippen LogP contribution in [-0.2, 0) is 17.8 Å². The van der Waals surface area contributed by atoms with Crippen molar-refractivity contribution < 1.29 is 9.90 Å². The van der Waals surface area contributed by atoms with Gasteiger partial charge in [-0.15, -0.1) is 0 Å². The molecule has 9 heteroatoms. The Bertz CT molecular complexity index is 1410. The van der Waals surface area contributed by atoms with Crippen LogP contribution in [0.5, 0.6) is 0 Å². The van der Waals surface area contributed by atoms with E-state index in [0.29, 0.717) is 36.7 Å². The summed E-state index contributed by atoms with van der Waals surface area (Å²) in [5.41, 5.74) is 4.69. The Balaban J connectivity index is 1.56. The second-order valence-corrected chi connectivity index (χ2v) is 8.53. The summed E-state index contributed by atoms with van der Waals surface area (Å²) in [6.07, 6.45) is 4.77. The number of carbonyl (C=O) groups excluding carboxylic acids is 1. The highest BCUT2D eigenvalue weighted by molar-refractivity contribution is 5.79. The molecule has 1 amide bonds. The third-order valence-corrected chi connectivity index (χ3v) is 6.18. The highest BCUT2D eigenvalue weighted by atomic mass is 16.3. The van der Waals surface area contributed by atoms with E-state index < -0.39 is 0 Å². The lowest BCUT2D eigenvalue weighted by Crippen LogP contribution is -2.34. The molecule has 0 atom stereocenters. The van der Waals surface area contributed by atoms with Crippen LogP contribution in [0, 0.1) is 18.3 Å². The summed E-state index contributed by atoms with van der Waals surface area (Å²) in [4.78, 5) is 23.6. The van der Waals surface area contributed by atoms with Crippen molar-refractivity contribution in [1.29, 1.82) is 5.26 Å². The Hall–Kier alpha value is -4.03. The number of aliphatic hydroxyl groups is 1. The minimum atomic E-state index is -0.0218. The number of amides is 1. The molecule has 0 saturated carbocycles. The van der Waals surface area contributed by atoms with E-state index in [-0.39, 0.29) is 12.5 Å². The molecule has 0 radical (unpaired) electrons. The number of piperidine rings is 1. The number of aromatic nitrogens is 5. The number of nitriles is 1. The van der Waals surface area contributed by atoms with Crippen LogP contribution in [-0.4, -0.2) is 53.4 Å². The number of imidazole rings is 1.